The van der Waals surface area contributed by atoms with Crippen molar-refractivity contribution in [3.8, 4) is 0 Å². The quantitative estimate of drug-likeness (QED) is 0.768. The summed E-state index contributed by atoms with van der Waals surface area (Å²) in [5, 5.41) is 0. The van der Waals surface area contributed by atoms with Gasteiger partial charge >= 0.3 is 7.12 Å². The Morgan fingerprint density at radius 3 is 2.05 bits per heavy atom. The molecule has 2 nitrogen and oxygen atoms in total. The monoisotopic (exact) mass is 268 g/mol. The van der Waals surface area contributed by atoms with Crippen LogP contribution >= 0.6 is 0 Å². The van der Waals surface area contributed by atoms with E-state index < -0.39 is 30.0 Å². The van der Waals surface area contributed by atoms with E-state index in [0.29, 0.717) is 6.42 Å². The van der Waals surface area contributed by atoms with Gasteiger partial charge in [0.1, 0.15) is 11.6 Å². The van der Waals surface area contributed by atoms with Crippen LogP contribution in [0.3, 0.4) is 0 Å². The lowest BCUT2D eigenvalue weighted by atomic mass is 9.77. The molecule has 104 valence electrons. The van der Waals surface area contributed by atoms with Gasteiger partial charge in [0.25, 0.3) is 0 Å². The molecule has 1 fully saturated rings. The zero-order valence-electron chi connectivity index (χ0n) is 12.0. The summed E-state index contributed by atoms with van der Waals surface area (Å²) in [5.41, 5.74) is -0.737. The van der Waals surface area contributed by atoms with Gasteiger partial charge in [0.2, 0.25) is 0 Å². The number of halogens is 2. The summed E-state index contributed by atoms with van der Waals surface area (Å²) in [7, 11) is -0.795. The molecule has 0 amide bonds. The van der Waals surface area contributed by atoms with Gasteiger partial charge in [0.15, 0.2) is 0 Å². The molecule has 2 rings (SSSR count). The fourth-order valence-electron chi connectivity index (χ4n) is 2.09. The number of hydrogen-bond acceptors (Lipinski definition) is 2. The number of benzene rings is 1. The third-order valence-electron chi connectivity index (χ3n) is 4.08. The van der Waals surface area contributed by atoms with Gasteiger partial charge in [-0.05, 0) is 40.2 Å². The van der Waals surface area contributed by atoms with Crippen molar-refractivity contribution in [2.75, 3.05) is 0 Å². The normalized spacial score (nSPS) is 20.9. The maximum atomic E-state index is 14.3. The summed E-state index contributed by atoms with van der Waals surface area (Å²) in [4.78, 5) is 0. The van der Waals surface area contributed by atoms with Gasteiger partial charge in [-0.2, -0.15) is 0 Å². The van der Waals surface area contributed by atoms with Crippen LogP contribution < -0.4 is 5.46 Å². The van der Waals surface area contributed by atoms with Gasteiger partial charge in [-0.25, -0.2) is 8.78 Å². The molecule has 0 radical (unpaired) electrons. The lowest BCUT2D eigenvalue weighted by Gasteiger charge is -2.32. The van der Waals surface area contributed by atoms with Crippen molar-refractivity contribution in [3.63, 3.8) is 0 Å². The second-order valence-electron chi connectivity index (χ2n) is 5.87. The van der Waals surface area contributed by atoms with Crippen LogP contribution in [0.5, 0.6) is 0 Å². The van der Waals surface area contributed by atoms with E-state index in [1.165, 1.54) is 12.1 Å². The van der Waals surface area contributed by atoms with Crippen LogP contribution in [-0.4, -0.2) is 18.3 Å². The molecular formula is C14H19BF2O2. The Morgan fingerprint density at radius 2 is 1.58 bits per heavy atom. The van der Waals surface area contributed by atoms with Crippen LogP contribution in [0.25, 0.3) is 0 Å². The molecule has 0 aliphatic carbocycles. The van der Waals surface area contributed by atoms with Gasteiger partial charge in [0, 0.05) is 11.0 Å². The Bertz CT molecular complexity index is 484. The molecule has 0 saturated carbocycles. The predicted molar refractivity (Wildman–Crippen MR) is 71.5 cm³/mol. The van der Waals surface area contributed by atoms with E-state index >= 15 is 0 Å². The topological polar surface area (TPSA) is 18.5 Å². The van der Waals surface area contributed by atoms with E-state index in [2.05, 4.69) is 0 Å². The highest BCUT2D eigenvalue weighted by Gasteiger charge is 2.52. The molecule has 0 unspecified atom stereocenters. The second kappa shape index (κ2) is 4.56. The molecule has 0 bridgehead atoms. The van der Waals surface area contributed by atoms with E-state index in [9.17, 15) is 8.78 Å². The Morgan fingerprint density at radius 1 is 1.05 bits per heavy atom. The molecule has 1 saturated heterocycles. The van der Waals surface area contributed by atoms with Crippen LogP contribution in [0.1, 0.15) is 40.2 Å². The highest BCUT2D eigenvalue weighted by atomic mass is 19.1. The van der Waals surface area contributed by atoms with Gasteiger partial charge < -0.3 is 9.31 Å². The molecule has 1 aliphatic rings. The minimum atomic E-state index is -0.795. The van der Waals surface area contributed by atoms with E-state index in [1.54, 1.807) is 6.92 Å². The van der Waals surface area contributed by atoms with Crippen molar-refractivity contribution in [2.45, 2.75) is 52.2 Å². The summed E-state index contributed by atoms with van der Waals surface area (Å²) in [6, 6.07) is 2.66. The number of rotatable bonds is 2. The van der Waals surface area contributed by atoms with E-state index in [1.807, 2.05) is 27.7 Å². The first kappa shape index (κ1) is 14.5. The first-order chi connectivity index (χ1) is 8.69. The fraction of sp³-hybridized carbons (Fsp3) is 0.571. The van der Waals surface area contributed by atoms with Crippen LogP contribution in [0, 0.1) is 11.6 Å². The van der Waals surface area contributed by atoms with Crippen molar-refractivity contribution >= 4 is 12.6 Å². The Kier molecular flexibility index (Phi) is 3.48. The molecule has 1 aromatic rings. The standard InChI is InChI=1S/C14H19BF2O2/c1-6-9-11(16)8-7-10(12(9)17)15-18-13(2,3)14(4,5)19-15/h7-8H,6H2,1-5H3. The SMILES string of the molecule is CCc1c(F)ccc(B2OC(C)(C)C(C)(C)O2)c1F. The molecule has 0 N–H and O–H groups in total. The maximum Gasteiger partial charge on any atom is 0.497 e. The van der Waals surface area contributed by atoms with Crippen molar-refractivity contribution in [3.05, 3.63) is 29.3 Å². The molecule has 0 spiro atoms. The van der Waals surface area contributed by atoms with Gasteiger partial charge in [-0.3, -0.25) is 0 Å². The minimum Gasteiger partial charge on any atom is -0.399 e. The lowest BCUT2D eigenvalue weighted by molar-refractivity contribution is 0.00578. The first-order valence-electron chi connectivity index (χ1n) is 6.52. The van der Waals surface area contributed by atoms with Gasteiger partial charge in [0.05, 0.1) is 11.2 Å². The van der Waals surface area contributed by atoms with Crippen molar-refractivity contribution < 1.29 is 18.1 Å². The molecule has 0 atom stereocenters. The van der Waals surface area contributed by atoms with Crippen LogP contribution in [-0.2, 0) is 15.7 Å². The summed E-state index contributed by atoms with van der Waals surface area (Å²) in [6.07, 6.45) is 0.297. The Labute approximate surface area is 113 Å². The van der Waals surface area contributed by atoms with Crippen molar-refractivity contribution in [1.82, 2.24) is 0 Å². The minimum absolute atomic E-state index is 0.0761. The van der Waals surface area contributed by atoms with E-state index in [4.69, 9.17) is 9.31 Å². The van der Waals surface area contributed by atoms with E-state index in [-0.39, 0.29) is 11.0 Å². The van der Waals surface area contributed by atoms with Crippen LogP contribution in [0.2, 0.25) is 0 Å². The molecule has 19 heavy (non-hydrogen) atoms. The summed E-state index contributed by atoms with van der Waals surface area (Å²) >= 11 is 0. The molecule has 0 aromatic heterocycles. The zero-order chi connectivity index (χ0) is 14.4. The lowest BCUT2D eigenvalue weighted by Crippen LogP contribution is -2.41. The van der Waals surface area contributed by atoms with Crippen LogP contribution in [0.4, 0.5) is 8.78 Å². The second-order valence-corrected chi connectivity index (χ2v) is 5.87. The van der Waals surface area contributed by atoms with E-state index in [0.717, 1.165) is 0 Å². The third-order valence-corrected chi connectivity index (χ3v) is 4.08. The zero-order valence-corrected chi connectivity index (χ0v) is 12.0. The highest BCUT2D eigenvalue weighted by molar-refractivity contribution is 6.62. The molecule has 1 aromatic carbocycles. The third kappa shape index (κ3) is 2.30. The average Bonchev–Trinajstić information content (AvgIpc) is 2.48. The molecule has 1 heterocycles. The highest BCUT2D eigenvalue weighted by Crippen LogP contribution is 2.36. The summed E-state index contributed by atoms with van der Waals surface area (Å²) in [6.45, 7) is 9.31. The fourth-order valence-corrected chi connectivity index (χ4v) is 2.09. The smallest absolute Gasteiger partial charge is 0.399 e. The number of hydrogen-bond donors (Lipinski definition) is 0. The van der Waals surface area contributed by atoms with Crippen molar-refractivity contribution in [2.24, 2.45) is 0 Å². The average molecular weight is 268 g/mol. The largest absolute Gasteiger partial charge is 0.497 e. The Balaban J connectivity index is 2.40. The van der Waals surface area contributed by atoms with Crippen LogP contribution in [0.15, 0.2) is 12.1 Å². The molecule has 1 aliphatic heterocycles. The van der Waals surface area contributed by atoms with Crippen molar-refractivity contribution in [1.29, 1.82) is 0 Å². The molecule has 5 heteroatoms. The summed E-state index contributed by atoms with van der Waals surface area (Å²) < 4.78 is 39.4. The van der Waals surface area contributed by atoms with Gasteiger partial charge in [-0.1, -0.05) is 13.0 Å². The van der Waals surface area contributed by atoms with Gasteiger partial charge in [-0.15, -0.1) is 0 Å². The molecular weight excluding hydrogens is 249 g/mol. The summed E-state index contributed by atoms with van der Waals surface area (Å²) in [5.74, 6) is -1.10. The maximum absolute atomic E-state index is 14.3. The predicted octanol–water partition coefficient (Wildman–Crippen LogP) is 2.83. The first-order valence-corrected chi connectivity index (χ1v) is 6.52. The Hall–Kier alpha value is -0.935.